The molecule has 0 radical (unpaired) electrons. The monoisotopic (exact) mass is 291 g/mol. The molecule has 1 heterocycles. The highest BCUT2D eigenvalue weighted by molar-refractivity contribution is 5.92. The van der Waals surface area contributed by atoms with Crippen molar-refractivity contribution < 1.29 is 14.7 Å². The lowest BCUT2D eigenvalue weighted by molar-refractivity contribution is -0.144. The Hall–Kier alpha value is -1.92. The Morgan fingerprint density at radius 3 is 2.81 bits per heavy atom. The van der Waals surface area contributed by atoms with Crippen molar-refractivity contribution in [3.63, 3.8) is 0 Å². The number of piperazine rings is 1. The van der Waals surface area contributed by atoms with E-state index >= 15 is 0 Å². The van der Waals surface area contributed by atoms with Crippen LogP contribution < -0.4 is 10.6 Å². The molecule has 1 aliphatic heterocycles. The molecule has 0 saturated carbocycles. The summed E-state index contributed by atoms with van der Waals surface area (Å²) in [4.78, 5) is 24.9. The van der Waals surface area contributed by atoms with E-state index in [1.54, 1.807) is 4.90 Å². The van der Waals surface area contributed by atoms with E-state index < -0.39 is 12.0 Å². The first kappa shape index (κ1) is 15.5. The normalized spacial score (nSPS) is 19.2. The second-order valence-corrected chi connectivity index (χ2v) is 5.38. The Bertz CT molecular complexity index is 545. The number of anilines is 1. The first-order chi connectivity index (χ1) is 9.97. The molecule has 1 atom stereocenters. The lowest BCUT2D eigenvalue weighted by Crippen LogP contribution is -2.56. The molecule has 0 aliphatic carbocycles. The molecule has 2 rings (SSSR count). The molecule has 6 nitrogen and oxygen atoms in total. The van der Waals surface area contributed by atoms with Crippen LogP contribution in [0.3, 0.4) is 0 Å². The number of carboxylic acids is 1. The van der Waals surface area contributed by atoms with Crippen molar-refractivity contribution in [3.05, 3.63) is 29.3 Å². The molecule has 1 aliphatic rings. The summed E-state index contributed by atoms with van der Waals surface area (Å²) in [5, 5.41) is 15.0. The fourth-order valence-corrected chi connectivity index (χ4v) is 2.38. The zero-order valence-electron chi connectivity index (χ0n) is 12.3. The fourth-order valence-electron chi connectivity index (χ4n) is 2.38. The zero-order chi connectivity index (χ0) is 15.4. The fraction of sp³-hybridized carbons (Fsp3) is 0.467. The number of hydrogen-bond donors (Lipinski definition) is 3. The molecule has 6 heteroatoms. The van der Waals surface area contributed by atoms with Crippen molar-refractivity contribution in [3.8, 4) is 0 Å². The van der Waals surface area contributed by atoms with E-state index in [-0.39, 0.29) is 12.5 Å². The average Bonchev–Trinajstić information content (AvgIpc) is 2.43. The number of amides is 1. The number of carbonyl (C=O) groups is 2. The highest BCUT2D eigenvalue weighted by Crippen LogP contribution is 2.14. The molecule has 3 N–H and O–H groups in total. The summed E-state index contributed by atoms with van der Waals surface area (Å²) >= 11 is 0. The first-order valence-corrected chi connectivity index (χ1v) is 7.02. The Morgan fingerprint density at radius 2 is 2.14 bits per heavy atom. The molecule has 21 heavy (non-hydrogen) atoms. The predicted molar refractivity (Wildman–Crippen MR) is 80.4 cm³/mol. The molecule has 1 saturated heterocycles. The molecule has 0 bridgehead atoms. The van der Waals surface area contributed by atoms with Gasteiger partial charge in [-0.25, -0.2) is 0 Å². The van der Waals surface area contributed by atoms with E-state index in [2.05, 4.69) is 10.6 Å². The summed E-state index contributed by atoms with van der Waals surface area (Å²) < 4.78 is 0. The van der Waals surface area contributed by atoms with E-state index in [9.17, 15) is 9.59 Å². The van der Waals surface area contributed by atoms with Gasteiger partial charge >= 0.3 is 5.97 Å². The maximum Gasteiger partial charge on any atom is 0.322 e. The summed E-state index contributed by atoms with van der Waals surface area (Å²) in [6.07, 6.45) is 0. The minimum Gasteiger partial charge on any atom is -0.480 e. The number of nitrogens with zero attached hydrogens (tertiary/aromatic N) is 1. The first-order valence-electron chi connectivity index (χ1n) is 7.02. The molecule has 0 aromatic heterocycles. The summed E-state index contributed by atoms with van der Waals surface area (Å²) in [6.45, 7) is 5.71. The van der Waals surface area contributed by atoms with Gasteiger partial charge in [0.2, 0.25) is 5.91 Å². The van der Waals surface area contributed by atoms with Crippen LogP contribution in [0.15, 0.2) is 18.2 Å². The van der Waals surface area contributed by atoms with E-state index in [0.717, 1.165) is 11.3 Å². The molecular formula is C15H21N3O3. The van der Waals surface area contributed by atoms with E-state index in [1.165, 1.54) is 5.56 Å². The molecule has 1 aromatic carbocycles. The lowest BCUT2D eigenvalue weighted by Gasteiger charge is -2.32. The minimum atomic E-state index is -0.902. The second kappa shape index (κ2) is 6.69. The highest BCUT2D eigenvalue weighted by atomic mass is 16.4. The van der Waals surface area contributed by atoms with Gasteiger partial charge in [-0.05, 0) is 37.1 Å². The summed E-state index contributed by atoms with van der Waals surface area (Å²) in [6, 6.07) is 5.08. The van der Waals surface area contributed by atoms with Crippen molar-refractivity contribution in [2.45, 2.75) is 19.9 Å². The molecule has 1 amide bonds. The van der Waals surface area contributed by atoms with Gasteiger partial charge in [-0.2, -0.15) is 0 Å². The van der Waals surface area contributed by atoms with Crippen LogP contribution in [-0.4, -0.2) is 54.1 Å². The third kappa shape index (κ3) is 4.03. The highest BCUT2D eigenvalue weighted by Gasteiger charge is 2.29. The maximum atomic E-state index is 12.1. The molecule has 1 aromatic rings. The van der Waals surface area contributed by atoms with E-state index in [0.29, 0.717) is 19.6 Å². The number of carboxylic acid groups (broad SMARTS) is 1. The van der Waals surface area contributed by atoms with Crippen LogP contribution in [0.1, 0.15) is 11.1 Å². The Labute approximate surface area is 124 Å². The van der Waals surface area contributed by atoms with Gasteiger partial charge in [0.1, 0.15) is 6.04 Å². The van der Waals surface area contributed by atoms with Crippen molar-refractivity contribution in [2.75, 3.05) is 31.5 Å². The lowest BCUT2D eigenvalue weighted by atomic mass is 10.1. The van der Waals surface area contributed by atoms with Crippen LogP contribution in [0.5, 0.6) is 0 Å². The second-order valence-electron chi connectivity index (χ2n) is 5.38. The standard InChI is InChI=1S/C15H21N3O3/c1-10-3-4-12(7-11(10)2)17-14(19)9-18-6-5-16-8-13(18)15(20)21/h3-4,7,13,16H,5-6,8-9H2,1-2H3,(H,17,19)(H,20,21). The van der Waals surface area contributed by atoms with Gasteiger partial charge in [0.15, 0.2) is 0 Å². The Balaban J connectivity index is 1.97. The summed E-state index contributed by atoms with van der Waals surface area (Å²) in [5.41, 5.74) is 3.02. The number of aryl methyl sites for hydroxylation is 2. The van der Waals surface area contributed by atoms with Crippen LogP contribution in [0.25, 0.3) is 0 Å². The van der Waals surface area contributed by atoms with Crippen LogP contribution in [0.2, 0.25) is 0 Å². The quantitative estimate of drug-likeness (QED) is 0.757. The van der Waals surface area contributed by atoms with E-state index in [1.807, 2.05) is 32.0 Å². The average molecular weight is 291 g/mol. The molecular weight excluding hydrogens is 270 g/mol. The van der Waals surface area contributed by atoms with Gasteiger partial charge in [0.25, 0.3) is 0 Å². The van der Waals surface area contributed by atoms with Crippen LogP contribution in [-0.2, 0) is 9.59 Å². The van der Waals surface area contributed by atoms with Gasteiger partial charge in [-0.1, -0.05) is 6.07 Å². The number of hydrogen-bond acceptors (Lipinski definition) is 4. The SMILES string of the molecule is Cc1ccc(NC(=O)CN2CCNCC2C(=O)O)cc1C. The van der Waals surface area contributed by atoms with Gasteiger partial charge in [-0.3, -0.25) is 14.5 Å². The van der Waals surface area contributed by atoms with Gasteiger partial charge in [-0.15, -0.1) is 0 Å². The molecule has 0 spiro atoms. The molecule has 1 unspecified atom stereocenters. The van der Waals surface area contributed by atoms with Crippen molar-refractivity contribution >= 4 is 17.6 Å². The van der Waals surface area contributed by atoms with Gasteiger partial charge in [0, 0.05) is 25.3 Å². The number of aliphatic carboxylic acids is 1. The van der Waals surface area contributed by atoms with E-state index in [4.69, 9.17) is 5.11 Å². The van der Waals surface area contributed by atoms with Crippen molar-refractivity contribution in [2.24, 2.45) is 0 Å². The van der Waals surface area contributed by atoms with Crippen molar-refractivity contribution in [1.29, 1.82) is 0 Å². The molecule has 114 valence electrons. The zero-order valence-corrected chi connectivity index (χ0v) is 12.3. The van der Waals surface area contributed by atoms with Gasteiger partial charge < -0.3 is 15.7 Å². The van der Waals surface area contributed by atoms with Crippen molar-refractivity contribution in [1.82, 2.24) is 10.2 Å². The van der Waals surface area contributed by atoms with Crippen LogP contribution in [0.4, 0.5) is 5.69 Å². The van der Waals surface area contributed by atoms with Crippen LogP contribution >= 0.6 is 0 Å². The predicted octanol–water partition coefficient (Wildman–Crippen LogP) is 0.600. The minimum absolute atomic E-state index is 0.0889. The summed E-state index contributed by atoms with van der Waals surface area (Å²) in [7, 11) is 0. The number of carbonyl (C=O) groups excluding carboxylic acids is 1. The third-order valence-corrected chi connectivity index (χ3v) is 3.78. The van der Waals surface area contributed by atoms with Gasteiger partial charge in [0.05, 0.1) is 6.54 Å². The largest absolute Gasteiger partial charge is 0.480 e. The maximum absolute atomic E-state index is 12.1. The summed E-state index contributed by atoms with van der Waals surface area (Å²) in [5.74, 6) is -1.09. The molecule has 1 fully saturated rings. The Morgan fingerprint density at radius 1 is 1.38 bits per heavy atom. The number of nitrogens with one attached hydrogen (secondary N) is 2. The van der Waals surface area contributed by atoms with Crippen LogP contribution in [0, 0.1) is 13.8 Å². The smallest absolute Gasteiger partial charge is 0.322 e. The number of rotatable bonds is 4. The Kier molecular flexibility index (Phi) is 4.93. The topological polar surface area (TPSA) is 81.7 Å². The number of benzene rings is 1. The third-order valence-electron chi connectivity index (χ3n) is 3.78.